The molecule has 3 aromatic carbocycles. The van der Waals surface area contributed by atoms with Crippen LogP contribution in [-0.4, -0.2) is 7.11 Å². The Hall–Kier alpha value is -2.55. The van der Waals surface area contributed by atoms with E-state index in [1.807, 2.05) is 36.4 Å². The van der Waals surface area contributed by atoms with Crippen molar-refractivity contribution in [2.24, 2.45) is 0 Å². The van der Waals surface area contributed by atoms with Crippen molar-refractivity contribution in [3.63, 3.8) is 0 Å². The van der Waals surface area contributed by atoms with Gasteiger partial charge in [-0.2, -0.15) is 0 Å². The summed E-state index contributed by atoms with van der Waals surface area (Å²) in [5, 5.41) is 5.47. The van der Waals surface area contributed by atoms with Crippen LogP contribution in [0.15, 0.2) is 60.7 Å². The molecule has 0 radical (unpaired) electrons. The van der Waals surface area contributed by atoms with E-state index in [0.717, 1.165) is 27.8 Å². The molecule has 3 aromatic rings. The van der Waals surface area contributed by atoms with Crippen molar-refractivity contribution in [2.75, 3.05) is 12.4 Å². The van der Waals surface area contributed by atoms with Gasteiger partial charge < -0.3 is 10.1 Å². The lowest BCUT2D eigenvalue weighted by Crippen LogP contribution is -2.01. The molecule has 0 aliphatic heterocycles. The molecule has 0 heterocycles. The Morgan fingerprint density at radius 3 is 2.52 bits per heavy atom. The third-order valence-electron chi connectivity index (χ3n) is 3.50. The fraction of sp³-hybridized carbons (Fsp3) is 0.111. The van der Waals surface area contributed by atoms with E-state index in [0.29, 0.717) is 6.54 Å². The van der Waals surface area contributed by atoms with Gasteiger partial charge in [-0.15, -0.1) is 0 Å². The van der Waals surface area contributed by atoms with Crippen LogP contribution in [0.25, 0.3) is 10.8 Å². The minimum Gasteiger partial charge on any atom is -0.496 e. The Labute approximate surface area is 123 Å². The topological polar surface area (TPSA) is 21.3 Å². The Morgan fingerprint density at radius 2 is 1.76 bits per heavy atom. The zero-order valence-electron chi connectivity index (χ0n) is 11.8. The van der Waals surface area contributed by atoms with Gasteiger partial charge in [0, 0.05) is 17.6 Å². The predicted octanol–water partition coefficient (Wildman–Crippen LogP) is 4.60. The summed E-state index contributed by atoms with van der Waals surface area (Å²) in [5.74, 6) is 0.625. The second-order valence-corrected chi connectivity index (χ2v) is 4.84. The maximum atomic E-state index is 13.2. The van der Waals surface area contributed by atoms with Gasteiger partial charge in [-0.25, -0.2) is 4.39 Å². The summed E-state index contributed by atoms with van der Waals surface area (Å²) in [7, 11) is 1.67. The van der Waals surface area contributed by atoms with Gasteiger partial charge >= 0.3 is 0 Å². The molecule has 0 aliphatic carbocycles. The molecule has 1 N–H and O–H groups in total. The number of hydrogen-bond donors (Lipinski definition) is 1. The van der Waals surface area contributed by atoms with Gasteiger partial charge in [0.15, 0.2) is 0 Å². The number of rotatable bonds is 4. The van der Waals surface area contributed by atoms with Crippen LogP contribution in [0.5, 0.6) is 5.75 Å². The standard InChI is InChI=1S/C18H16FNO/c1-21-18-10-9-13(16-7-2-3-8-17(16)18)12-20-15-6-4-5-14(19)11-15/h2-11,20H,12H2,1H3. The first-order valence-electron chi connectivity index (χ1n) is 6.82. The van der Waals surface area contributed by atoms with E-state index in [-0.39, 0.29) is 5.82 Å². The van der Waals surface area contributed by atoms with Gasteiger partial charge in [0.1, 0.15) is 11.6 Å². The maximum absolute atomic E-state index is 13.2. The zero-order valence-corrected chi connectivity index (χ0v) is 11.8. The molecule has 3 heteroatoms. The minimum atomic E-state index is -0.236. The smallest absolute Gasteiger partial charge is 0.126 e. The summed E-state index contributed by atoms with van der Waals surface area (Å²) in [4.78, 5) is 0. The highest BCUT2D eigenvalue weighted by Crippen LogP contribution is 2.28. The number of nitrogens with one attached hydrogen (secondary N) is 1. The van der Waals surface area contributed by atoms with E-state index < -0.39 is 0 Å². The van der Waals surface area contributed by atoms with Gasteiger partial charge in [-0.3, -0.25) is 0 Å². The number of fused-ring (bicyclic) bond motifs is 1. The normalized spacial score (nSPS) is 10.6. The Kier molecular flexibility index (Phi) is 3.73. The monoisotopic (exact) mass is 281 g/mol. The molecular formula is C18H16FNO. The first-order chi connectivity index (χ1) is 10.3. The summed E-state index contributed by atoms with van der Waals surface area (Å²) in [5.41, 5.74) is 1.92. The molecule has 2 nitrogen and oxygen atoms in total. The van der Waals surface area contributed by atoms with Crippen LogP contribution < -0.4 is 10.1 Å². The molecule has 0 saturated carbocycles. The summed E-state index contributed by atoms with van der Waals surface area (Å²) in [6.07, 6.45) is 0. The Bertz CT molecular complexity index is 770. The summed E-state index contributed by atoms with van der Waals surface area (Å²) in [6, 6.07) is 18.6. The Morgan fingerprint density at radius 1 is 0.952 bits per heavy atom. The number of benzene rings is 3. The van der Waals surface area contributed by atoms with Gasteiger partial charge in [0.25, 0.3) is 0 Å². The molecule has 106 valence electrons. The summed E-state index contributed by atoms with van der Waals surface area (Å²) in [6.45, 7) is 0.633. The molecule has 0 aliphatic rings. The largest absolute Gasteiger partial charge is 0.496 e. The molecule has 0 aromatic heterocycles. The van der Waals surface area contributed by atoms with Gasteiger partial charge in [0.05, 0.1) is 7.11 Å². The van der Waals surface area contributed by atoms with Crippen molar-refractivity contribution in [3.8, 4) is 5.75 Å². The molecule has 0 unspecified atom stereocenters. The summed E-state index contributed by atoms with van der Waals surface area (Å²) < 4.78 is 18.6. The quantitative estimate of drug-likeness (QED) is 0.754. The summed E-state index contributed by atoms with van der Waals surface area (Å²) >= 11 is 0. The maximum Gasteiger partial charge on any atom is 0.126 e. The highest BCUT2D eigenvalue weighted by Gasteiger charge is 2.06. The second-order valence-electron chi connectivity index (χ2n) is 4.84. The van der Waals surface area contributed by atoms with Crippen LogP contribution in [0.1, 0.15) is 5.56 Å². The SMILES string of the molecule is COc1ccc(CNc2cccc(F)c2)c2ccccc12. The van der Waals surface area contributed by atoms with E-state index >= 15 is 0 Å². The molecule has 0 bridgehead atoms. The highest BCUT2D eigenvalue weighted by molar-refractivity contribution is 5.91. The molecule has 21 heavy (non-hydrogen) atoms. The van der Waals surface area contributed by atoms with Gasteiger partial charge in [-0.1, -0.05) is 36.4 Å². The molecule has 0 fully saturated rings. The van der Waals surface area contributed by atoms with Crippen LogP contribution in [0.2, 0.25) is 0 Å². The van der Waals surface area contributed by atoms with Crippen LogP contribution >= 0.6 is 0 Å². The van der Waals surface area contributed by atoms with Gasteiger partial charge in [-0.05, 0) is 35.2 Å². The third kappa shape index (κ3) is 2.82. The van der Waals surface area contributed by atoms with Crippen molar-refractivity contribution < 1.29 is 9.13 Å². The highest BCUT2D eigenvalue weighted by atomic mass is 19.1. The molecule has 0 saturated heterocycles. The van der Waals surface area contributed by atoms with Crippen LogP contribution in [0, 0.1) is 5.82 Å². The lowest BCUT2D eigenvalue weighted by Gasteiger charge is -2.12. The zero-order chi connectivity index (χ0) is 14.7. The van der Waals surface area contributed by atoms with Crippen molar-refractivity contribution in [1.29, 1.82) is 0 Å². The second kappa shape index (κ2) is 5.83. The first-order valence-corrected chi connectivity index (χ1v) is 6.82. The van der Waals surface area contributed by atoms with Crippen molar-refractivity contribution >= 4 is 16.5 Å². The molecule has 0 amide bonds. The van der Waals surface area contributed by atoms with Crippen molar-refractivity contribution in [3.05, 3.63) is 72.0 Å². The number of halogens is 1. The van der Waals surface area contributed by atoms with E-state index in [1.165, 1.54) is 12.1 Å². The van der Waals surface area contributed by atoms with Crippen molar-refractivity contribution in [2.45, 2.75) is 6.54 Å². The number of hydrogen-bond acceptors (Lipinski definition) is 2. The van der Waals surface area contributed by atoms with E-state index in [1.54, 1.807) is 13.2 Å². The predicted molar refractivity (Wildman–Crippen MR) is 84.2 cm³/mol. The minimum absolute atomic E-state index is 0.236. The van der Waals surface area contributed by atoms with E-state index in [4.69, 9.17) is 4.74 Å². The fourth-order valence-corrected chi connectivity index (χ4v) is 2.46. The molecule has 3 rings (SSSR count). The lowest BCUT2D eigenvalue weighted by molar-refractivity contribution is 0.419. The number of anilines is 1. The van der Waals surface area contributed by atoms with E-state index in [2.05, 4.69) is 11.4 Å². The average molecular weight is 281 g/mol. The van der Waals surface area contributed by atoms with Crippen LogP contribution in [-0.2, 0) is 6.54 Å². The van der Waals surface area contributed by atoms with Crippen LogP contribution in [0.4, 0.5) is 10.1 Å². The average Bonchev–Trinajstić information content (AvgIpc) is 2.52. The van der Waals surface area contributed by atoms with Gasteiger partial charge in [0.2, 0.25) is 0 Å². The Balaban J connectivity index is 1.91. The number of ether oxygens (including phenoxy) is 1. The van der Waals surface area contributed by atoms with E-state index in [9.17, 15) is 4.39 Å². The molecular weight excluding hydrogens is 265 g/mol. The lowest BCUT2D eigenvalue weighted by atomic mass is 10.0. The molecule has 0 atom stereocenters. The van der Waals surface area contributed by atoms with Crippen LogP contribution in [0.3, 0.4) is 0 Å². The first kappa shape index (κ1) is 13.4. The third-order valence-corrected chi connectivity index (χ3v) is 3.50. The fourth-order valence-electron chi connectivity index (χ4n) is 2.46. The van der Waals surface area contributed by atoms with Crippen molar-refractivity contribution in [1.82, 2.24) is 0 Å². The molecule has 0 spiro atoms. The number of methoxy groups -OCH3 is 1.